The number of carbonyl (C=O) groups is 1. The molecular weight excluding hydrogens is 322 g/mol. The number of nitrogens with zero attached hydrogens (tertiary/aromatic N) is 2. The van der Waals surface area contributed by atoms with Gasteiger partial charge in [0.25, 0.3) is 0 Å². The van der Waals surface area contributed by atoms with Gasteiger partial charge < -0.3 is 15.0 Å². The van der Waals surface area contributed by atoms with Gasteiger partial charge in [-0.15, -0.1) is 11.3 Å². The van der Waals surface area contributed by atoms with E-state index in [1.807, 2.05) is 23.6 Å². The quantitative estimate of drug-likeness (QED) is 0.820. The summed E-state index contributed by atoms with van der Waals surface area (Å²) >= 11 is 1.51. The first-order valence-electron chi connectivity index (χ1n) is 7.99. The van der Waals surface area contributed by atoms with Crippen molar-refractivity contribution < 1.29 is 9.53 Å². The van der Waals surface area contributed by atoms with E-state index < -0.39 is 0 Å². The normalized spacial score (nSPS) is 17.4. The van der Waals surface area contributed by atoms with Crippen LogP contribution in [0, 0.1) is 5.92 Å². The van der Waals surface area contributed by atoms with E-state index in [2.05, 4.69) is 21.3 Å². The first kappa shape index (κ1) is 16.5. The minimum Gasteiger partial charge on any atom is -0.495 e. The van der Waals surface area contributed by atoms with Crippen molar-refractivity contribution in [3.63, 3.8) is 0 Å². The van der Waals surface area contributed by atoms with Crippen LogP contribution in [0.1, 0.15) is 11.4 Å². The zero-order valence-corrected chi connectivity index (χ0v) is 14.5. The van der Waals surface area contributed by atoms with Gasteiger partial charge in [-0.25, -0.2) is 4.98 Å². The topological polar surface area (TPSA) is 54.5 Å². The summed E-state index contributed by atoms with van der Waals surface area (Å²) in [5.74, 6) is 1.28. The lowest BCUT2D eigenvalue weighted by Gasteiger charge is -2.21. The molecule has 5 nitrogen and oxygen atoms in total. The molecule has 1 aromatic carbocycles. The predicted octanol–water partition coefficient (Wildman–Crippen LogP) is 2.81. The molecule has 1 atom stereocenters. The second kappa shape index (κ2) is 7.97. The lowest BCUT2D eigenvalue weighted by Crippen LogP contribution is -2.29. The van der Waals surface area contributed by atoms with Gasteiger partial charge in [-0.05, 0) is 30.5 Å². The lowest BCUT2D eigenvalue weighted by atomic mass is 10.1. The highest BCUT2D eigenvalue weighted by Gasteiger charge is 2.24. The predicted molar refractivity (Wildman–Crippen MR) is 97.5 cm³/mol. The molecule has 3 rings (SSSR count). The van der Waals surface area contributed by atoms with Crippen molar-refractivity contribution >= 4 is 29.0 Å². The summed E-state index contributed by atoms with van der Waals surface area (Å²) in [6.07, 6.45) is 6.09. The maximum absolute atomic E-state index is 11.9. The molecule has 2 aromatic rings. The average molecular weight is 343 g/mol. The highest BCUT2D eigenvalue weighted by atomic mass is 32.1. The van der Waals surface area contributed by atoms with Crippen LogP contribution < -0.4 is 15.0 Å². The van der Waals surface area contributed by atoms with Gasteiger partial charge in [-0.1, -0.05) is 12.1 Å². The summed E-state index contributed by atoms with van der Waals surface area (Å²) < 4.78 is 5.43. The molecule has 1 amide bonds. The number of hydrogen-bond acceptors (Lipinski definition) is 5. The van der Waals surface area contributed by atoms with Crippen LogP contribution in [0.2, 0.25) is 0 Å². The van der Waals surface area contributed by atoms with E-state index in [1.54, 1.807) is 25.5 Å². The molecule has 0 spiro atoms. The number of rotatable bonds is 6. The van der Waals surface area contributed by atoms with Crippen LogP contribution in [0.25, 0.3) is 6.08 Å². The van der Waals surface area contributed by atoms with Crippen molar-refractivity contribution in [1.29, 1.82) is 0 Å². The van der Waals surface area contributed by atoms with Crippen LogP contribution in [0.5, 0.6) is 5.75 Å². The zero-order chi connectivity index (χ0) is 16.8. The third kappa shape index (κ3) is 4.14. The van der Waals surface area contributed by atoms with Gasteiger partial charge in [0.2, 0.25) is 5.91 Å². The number of anilines is 1. The fourth-order valence-corrected chi connectivity index (χ4v) is 3.41. The van der Waals surface area contributed by atoms with E-state index in [1.165, 1.54) is 11.3 Å². The fourth-order valence-electron chi connectivity index (χ4n) is 2.88. The monoisotopic (exact) mass is 343 g/mol. The molecule has 0 radical (unpaired) electrons. The number of para-hydroxylation sites is 2. The van der Waals surface area contributed by atoms with Gasteiger partial charge in [0.15, 0.2) is 0 Å². The number of aromatic nitrogens is 1. The Morgan fingerprint density at radius 3 is 3.17 bits per heavy atom. The number of thiazole rings is 1. The van der Waals surface area contributed by atoms with E-state index in [9.17, 15) is 4.79 Å². The number of hydrogen-bond donors (Lipinski definition) is 1. The first-order chi connectivity index (χ1) is 11.8. The van der Waals surface area contributed by atoms with Crippen LogP contribution in [0.3, 0.4) is 0 Å². The Morgan fingerprint density at radius 1 is 1.50 bits per heavy atom. The summed E-state index contributed by atoms with van der Waals surface area (Å²) in [4.78, 5) is 18.3. The van der Waals surface area contributed by atoms with E-state index in [-0.39, 0.29) is 5.91 Å². The van der Waals surface area contributed by atoms with Gasteiger partial charge in [-0.2, -0.15) is 0 Å². The van der Waals surface area contributed by atoms with E-state index in [0.717, 1.165) is 36.0 Å². The average Bonchev–Trinajstić information content (AvgIpc) is 3.29. The highest BCUT2D eigenvalue weighted by molar-refractivity contribution is 7.10. The summed E-state index contributed by atoms with van der Waals surface area (Å²) in [6, 6.07) is 8.06. The molecule has 0 aliphatic carbocycles. The highest BCUT2D eigenvalue weighted by Crippen LogP contribution is 2.31. The second-order valence-electron chi connectivity index (χ2n) is 5.72. The number of amides is 1. The Morgan fingerprint density at radius 2 is 2.38 bits per heavy atom. The standard InChI is InChI=1S/C18H21N3O2S/c1-23-16-5-3-2-4-15(16)21-10-8-14(13-21)12-20-17(22)6-7-18-19-9-11-24-18/h2-7,9,11,14H,8,10,12-13H2,1H3,(H,20,22)/b7-6-/t14-/m1/s1. The van der Waals surface area contributed by atoms with Gasteiger partial charge >= 0.3 is 0 Å². The summed E-state index contributed by atoms with van der Waals surface area (Å²) in [6.45, 7) is 2.60. The fraction of sp³-hybridized carbons (Fsp3) is 0.333. The molecule has 24 heavy (non-hydrogen) atoms. The molecule has 1 aromatic heterocycles. The van der Waals surface area contributed by atoms with Crippen molar-refractivity contribution in [3.8, 4) is 5.75 Å². The van der Waals surface area contributed by atoms with Gasteiger partial charge in [0, 0.05) is 37.3 Å². The van der Waals surface area contributed by atoms with Gasteiger partial charge in [0.05, 0.1) is 12.8 Å². The molecule has 126 valence electrons. The van der Waals surface area contributed by atoms with Gasteiger partial charge in [-0.3, -0.25) is 4.79 Å². The molecule has 1 fully saturated rings. The van der Waals surface area contributed by atoms with E-state index >= 15 is 0 Å². The minimum absolute atomic E-state index is 0.0686. The third-order valence-corrected chi connectivity index (χ3v) is 4.85. The van der Waals surface area contributed by atoms with Crippen molar-refractivity contribution in [2.45, 2.75) is 6.42 Å². The molecule has 1 N–H and O–H groups in total. The number of carbonyl (C=O) groups excluding carboxylic acids is 1. The van der Waals surface area contributed by atoms with Gasteiger partial charge in [0.1, 0.15) is 10.8 Å². The largest absolute Gasteiger partial charge is 0.495 e. The molecular formula is C18H21N3O2S. The third-order valence-electron chi connectivity index (χ3n) is 4.11. The number of nitrogens with one attached hydrogen (secondary N) is 1. The van der Waals surface area contributed by atoms with Crippen molar-refractivity contribution in [3.05, 3.63) is 46.9 Å². The maximum atomic E-state index is 11.9. The minimum atomic E-state index is -0.0686. The molecule has 1 aliphatic rings. The van der Waals surface area contributed by atoms with Crippen LogP contribution >= 0.6 is 11.3 Å². The van der Waals surface area contributed by atoms with Crippen molar-refractivity contribution in [1.82, 2.24) is 10.3 Å². The molecule has 0 unspecified atom stereocenters. The second-order valence-corrected chi connectivity index (χ2v) is 6.65. The number of benzene rings is 1. The van der Waals surface area contributed by atoms with Crippen LogP contribution in [-0.2, 0) is 4.79 Å². The van der Waals surface area contributed by atoms with Crippen LogP contribution in [0.4, 0.5) is 5.69 Å². The Bertz CT molecular complexity index is 700. The summed E-state index contributed by atoms with van der Waals surface area (Å²) in [5.41, 5.74) is 1.12. The first-order valence-corrected chi connectivity index (χ1v) is 8.87. The Labute approximate surface area is 146 Å². The molecule has 0 saturated carbocycles. The van der Waals surface area contributed by atoms with E-state index in [4.69, 9.17) is 4.74 Å². The summed E-state index contributed by atoms with van der Waals surface area (Å²) in [7, 11) is 1.70. The van der Waals surface area contributed by atoms with E-state index in [0.29, 0.717) is 12.5 Å². The van der Waals surface area contributed by atoms with Crippen LogP contribution in [0.15, 0.2) is 41.9 Å². The smallest absolute Gasteiger partial charge is 0.244 e. The Kier molecular flexibility index (Phi) is 5.48. The molecule has 1 saturated heterocycles. The maximum Gasteiger partial charge on any atom is 0.244 e. The van der Waals surface area contributed by atoms with Crippen molar-refractivity contribution in [2.75, 3.05) is 31.6 Å². The lowest BCUT2D eigenvalue weighted by molar-refractivity contribution is -0.116. The number of methoxy groups -OCH3 is 1. The molecule has 0 bridgehead atoms. The zero-order valence-electron chi connectivity index (χ0n) is 13.6. The SMILES string of the molecule is COc1ccccc1N1CC[C@H](CNC(=O)/C=C\c2nccs2)C1. The molecule has 1 aliphatic heterocycles. The van der Waals surface area contributed by atoms with Crippen LogP contribution in [-0.4, -0.2) is 37.6 Å². The number of ether oxygens (including phenoxy) is 1. The Balaban J connectivity index is 1.49. The Hall–Kier alpha value is -2.34. The van der Waals surface area contributed by atoms with Crippen molar-refractivity contribution in [2.24, 2.45) is 5.92 Å². The molecule has 2 heterocycles. The molecule has 6 heteroatoms. The summed E-state index contributed by atoms with van der Waals surface area (Å²) in [5, 5.41) is 5.71.